The molecule has 0 aliphatic rings. The van der Waals surface area contributed by atoms with E-state index in [0.29, 0.717) is 0 Å². The van der Waals surface area contributed by atoms with Crippen LogP contribution in [-0.4, -0.2) is 53.0 Å². The summed E-state index contributed by atoms with van der Waals surface area (Å²) >= 11 is 1.10. The molecule has 0 N–H and O–H groups in total. The molecule has 1 rings (SSSR count). The van der Waals surface area contributed by atoms with Crippen molar-refractivity contribution in [1.82, 2.24) is 9.88 Å². The Hall–Kier alpha value is -1.96. The van der Waals surface area contributed by atoms with Crippen LogP contribution < -0.4 is 0 Å². The molecule has 0 aliphatic carbocycles. The standard InChI is InChI=1S/C18H28N2O5S/c1-8-24-16(22)12-10-26-15(19-12)14(21)9-13(11(2)3)20(7)17(23)25-18(4,5)6/h10-11,13H,8-9H2,1-7H3/t13-/m1/s1. The van der Waals surface area contributed by atoms with Crippen molar-refractivity contribution in [2.45, 2.75) is 59.6 Å². The minimum atomic E-state index is -0.610. The number of nitrogens with zero attached hydrogens (tertiary/aromatic N) is 2. The summed E-state index contributed by atoms with van der Waals surface area (Å²) in [4.78, 5) is 42.1. The van der Waals surface area contributed by atoms with E-state index in [0.717, 1.165) is 11.3 Å². The Balaban J connectivity index is 2.85. The van der Waals surface area contributed by atoms with E-state index in [1.165, 1.54) is 10.3 Å². The molecule has 0 fully saturated rings. The lowest BCUT2D eigenvalue weighted by Gasteiger charge is -2.32. The van der Waals surface area contributed by atoms with Gasteiger partial charge in [0.15, 0.2) is 16.5 Å². The zero-order valence-electron chi connectivity index (χ0n) is 16.5. The van der Waals surface area contributed by atoms with Gasteiger partial charge >= 0.3 is 12.1 Å². The average molecular weight is 384 g/mol. The van der Waals surface area contributed by atoms with Crippen molar-refractivity contribution in [2.24, 2.45) is 5.92 Å². The number of amides is 1. The molecule has 1 atom stereocenters. The van der Waals surface area contributed by atoms with Gasteiger partial charge in [-0.2, -0.15) is 0 Å². The normalized spacial score (nSPS) is 12.6. The van der Waals surface area contributed by atoms with Gasteiger partial charge in [0, 0.05) is 24.9 Å². The van der Waals surface area contributed by atoms with Crippen molar-refractivity contribution in [3.63, 3.8) is 0 Å². The molecule has 1 aromatic heterocycles. The molecule has 146 valence electrons. The van der Waals surface area contributed by atoms with Gasteiger partial charge in [-0.3, -0.25) is 4.79 Å². The Bertz CT molecular complexity index is 648. The minimum absolute atomic E-state index is 0.0426. The molecule has 0 saturated heterocycles. The maximum Gasteiger partial charge on any atom is 0.410 e. The molecular weight excluding hydrogens is 356 g/mol. The van der Waals surface area contributed by atoms with Gasteiger partial charge in [0.2, 0.25) is 0 Å². The van der Waals surface area contributed by atoms with E-state index in [9.17, 15) is 14.4 Å². The third kappa shape index (κ3) is 6.40. The number of ether oxygens (including phenoxy) is 2. The Morgan fingerprint density at radius 3 is 2.38 bits per heavy atom. The van der Waals surface area contributed by atoms with E-state index in [1.807, 2.05) is 13.8 Å². The zero-order valence-corrected chi connectivity index (χ0v) is 17.3. The zero-order chi connectivity index (χ0) is 20.1. The monoisotopic (exact) mass is 384 g/mol. The van der Waals surface area contributed by atoms with Gasteiger partial charge in [0.05, 0.1) is 6.61 Å². The molecule has 1 amide bonds. The number of ketones is 1. The number of hydrogen-bond acceptors (Lipinski definition) is 7. The summed E-state index contributed by atoms with van der Waals surface area (Å²) in [7, 11) is 1.62. The van der Waals surface area contributed by atoms with Crippen molar-refractivity contribution in [3.8, 4) is 0 Å². The smallest absolute Gasteiger partial charge is 0.410 e. The second-order valence-corrected chi connectivity index (χ2v) is 8.15. The van der Waals surface area contributed by atoms with Gasteiger partial charge in [0.25, 0.3) is 0 Å². The number of aromatic nitrogens is 1. The van der Waals surface area contributed by atoms with Gasteiger partial charge in [-0.25, -0.2) is 14.6 Å². The van der Waals surface area contributed by atoms with E-state index in [4.69, 9.17) is 9.47 Å². The van der Waals surface area contributed by atoms with E-state index in [1.54, 1.807) is 34.7 Å². The van der Waals surface area contributed by atoms with Crippen LogP contribution in [0.25, 0.3) is 0 Å². The lowest BCUT2D eigenvalue weighted by Crippen LogP contribution is -2.44. The van der Waals surface area contributed by atoms with Crippen LogP contribution in [0.1, 0.15) is 68.3 Å². The second-order valence-electron chi connectivity index (χ2n) is 7.29. The SMILES string of the molecule is CCOC(=O)c1csc(C(=O)C[C@H](C(C)C)N(C)C(=O)OC(C)(C)C)n1. The van der Waals surface area contributed by atoms with Crippen LogP contribution in [0.4, 0.5) is 4.79 Å². The number of rotatable bonds is 7. The summed E-state index contributed by atoms with van der Waals surface area (Å²) in [5, 5.41) is 1.74. The molecular formula is C18H28N2O5S. The molecule has 1 aromatic rings. The molecule has 0 aliphatic heterocycles. The van der Waals surface area contributed by atoms with E-state index < -0.39 is 17.7 Å². The quantitative estimate of drug-likeness (QED) is 0.525. The number of thiazole rings is 1. The number of esters is 1. The first-order valence-electron chi connectivity index (χ1n) is 8.58. The van der Waals surface area contributed by atoms with Crippen LogP contribution in [0, 0.1) is 5.92 Å². The minimum Gasteiger partial charge on any atom is -0.461 e. The van der Waals surface area contributed by atoms with Crippen molar-refractivity contribution in [1.29, 1.82) is 0 Å². The fourth-order valence-corrected chi connectivity index (χ4v) is 3.01. The lowest BCUT2D eigenvalue weighted by molar-refractivity contribution is 0.0173. The van der Waals surface area contributed by atoms with Crippen LogP contribution in [0.2, 0.25) is 0 Å². The van der Waals surface area contributed by atoms with Crippen molar-refractivity contribution in [3.05, 3.63) is 16.1 Å². The molecule has 1 heterocycles. The van der Waals surface area contributed by atoms with Crippen molar-refractivity contribution in [2.75, 3.05) is 13.7 Å². The third-order valence-corrected chi connectivity index (χ3v) is 4.45. The topological polar surface area (TPSA) is 85.8 Å². The van der Waals surface area contributed by atoms with Gasteiger partial charge in [0.1, 0.15) is 5.60 Å². The largest absolute Gasteiger partial charge is 0.461 e. The van der Waals surface area contributed by atoms with Gasteiger partial charge in [-0.05, 0) is 33.6 Å². The van der Waals surface area contributed by atoms with Crippen molar-refractivity contribution < 1.29 is 23.9 Å². The summed E-state index contributed by atoms with van der Waals surface area (Å²) in [6.45, 7) is 11.2. The fourth-order valence-electron chi connectivity index (χ4n) is 2.27. The van der Waals surface area contributed by atoms with Gasteiger partial charge < -0.3 is 14.4 Å². The average Bonchev–Trinajstić information content (AvgIpc) is 3.00. The lowest BCUT2D eigenvalue weighted by atomic mass is 9.97. The number of hydrogen-bond donors (Lipinski definition) is 0. The molecule has 26 heavy (non-hydrogen) atoms. The predicted molar refractivity (Wildman–Crippen MR) is 99.6 cm³/mol. The Kier molecular flexibility index (Phi) is 7.74. The first kappa shape index (κ1) is 22.1. The van der Waals surface area contributed by atoms with Crippen LogP contribution >= 0.6 is 11.3 Å². The van der Waals surface area contributed by atoms with Crippen LogP contribution in [0.3, 0.4) is 0 Å². The maximum absolute atomic E-state index is 12.6. The highest BCUT2D eigenvalue weighted by atomic mass is 32.1. The molecule has 0 unspecified atom stereocenters. The highest BCUT2D eigenvalue weighted by Gasteiger charge is 2.30. The first-order valence-corrected chi connectivity index (χ1v) is 9.45. The Labute approximate surface area is 158 Å². The number of carbonyl (C=O) groups excluding carboxylic acids is 3. The third-order valence-electron chi connectivity index (χ3n) is 3.57. The van der Waals surface area contributed by atoms with Crippen LogP contribution in [0.15, 0.2) is 5.38 Å². The molecule has 0 spiro atoms. The molecule has 0 saturated carbocycles. The highest BCUT2D eigenvalue weighted by Crippen LogP contribution is 2.21. The summed E-state index contributed by atoms with van der Waals surface area (Å²) in [6, 6.07) is -0.340. The second kappa shape index (κ2) is 9.12. The number of carbonyl (C=O) groups is 3. The summed E-state index contributed by atoms with van der Waals surface area (Å²) in [5.41, 5.74) is -0.484. The van der Waals surface area contributed by atoms with Gasteiger partial charge in [-0.1, -0.05) is 13.8 Å². The fraction of sp³-hybridized carbons (Fsp3) is 0.667. The maximum atomic E-state index is 12.6. The predicted octanol–water partition coefficient (Wildman–Crippen LogP) is 3.78. The molecule has 7 nitrogen and oxygen atoms in total. The summed E-state index contributed by atoms with van der Waals surface area (Å²) < 4.78 is 10.3. The van der Waals surface area contributed by atoms with Crippen LogP contribution in [-0.2, 0) is 9.47 Å². The highest BCUT2D eigenvalue weighted by molar-refractivity contribution is 7.11. The van der Waals surface area contributed by atoms with E-state index >= 15 is 0 Å². The molecule has 0 aromatic carbocycles. The first-order chi connectivity index (χ1) is 12.0. The molecule has 8 heteroatoms. The Morgan fingerprint density at radius 1 is 1.27 bits per heavy atom. The van der Waals surface area contributed by atoms with Crippen molar-refractivity contribution >= 4 is 29.2 Å². The summed E-state index contributed by atoms with van der Waals surface area (Å²) in [5.74, 6) is -0.727. The van der Waals surface area contributed by atoms with Crippen LogP contribution in [0.5, 0.6) is 0 Å². The Morgan fingerprint density at radius 2 is 1.88 bits per heavy atom. The number of Topliss-reactive ketones (excluding diaryl/α,β-unsaturated/α-hetero) is 1. The summed E-state index contributed by atoms with van der Waals surface area (Å²) in [6.07, 6.45) is -0.376. The molecule has 0 radical (unpaired) electrons. The van der Waals surface area contributed by atoms with E-state index in [2.05, 4.69) is 4.98 Å². The molecule has 0 bridgehead atoms. The van der Waals surface area contributed by atoms with Gasteiger partial charge in [-0.15, -0.1) is 11.3 Å². The van der Waals surface area contributed by atoms with E-state index in [-0.39, 0.29) is 41.5 Å².